The van der Waals surface area contributed by atoms with Crippen LogP contribution in [0.25, 0.3) is 0 Å². The Morgan fingerprint density at radius 1 is 1.47 bits per heavy atom. The lowest BCUT2D eigenvalue weighted by Gasteiger charge is -2.14. The Labute approximate surface area is 120 Å². The molecule has 1 heterocycles. The van der Waals surface area contributed by atoms with Crippen LogP contribution >= 0.6 is 15.9 Å². The predicted octanol–water partition coefficient (Wildman–Crippen LogP) is 3.87. The van der Waals surface area contributed by atoms with Crippen molar-refractivity contribution in [2.45, 2.75) is 26.3 Å². The van der Waals surface area contributed by atoms with Gasteiger partial charge in [0, 0.05) is 16.1 Å². The fraction of sp³-hybridized carbons (Fsp3) is 0.286. The van der Waals surface area contributed by atoms with Crippen molar-refractivity contribution in [1.82, 2.24) is 9.78 Å². The minimum Gasteiger partial charge on any atom is -0.307 e. The van der Waals surface area contributed by atoms with Gasteiger partial charge in [0.25, 0.3) is 5.91 Å². The maximum absolute atomic E-state index is 12.2. The Bertz CT molecular complexity index is 580. The molecule has 1 aromatic heterocycles. The Morgan fingerprint density at radius 3 is 2.95 bits per heavy atom. The summed E-state index contributed by atoms with van der Waals surface area (Å²) >= 11 is 3.36. The van der Waals surface area contributed by atoms with Gasteiger partial charge in [-0.05, 0) is 31.5 Å². The van der Waals surface area contributed by atoms with Crippen molar-refractivity contribution in [3.05, 3.63) is 46.6 Å². The molecule has 4 nitrogen and oxygen atoms in total. The summed E-state index contributed by atoms with van der Waals surface area (Å²) < 4.78 is 2.71. The number of nitrogens with one attached hydrogen (secondary N) is 1. The van der Waals surface area contributed by atoms with E-state index in [1.54, 1.807) is 18.3 Å². The molecule has 0 aliphatic rings. The highest BCUT2D eigenvalue weighted by Gasteiger charge is 2.12. The molecule has 0 saturated carbocycles. The molecule has 1 atom stereocenters. The van der Waals surface area contributed by atoms with Crippen molar-refractivity contribution in [2.75, 3.05) is 5.32 Å². The average molecular weight is 322 g/mol. The lowest BCUT2D eigenvalue weighted by atomic mass is 10.2. The van der Waals surface area contributed by atoms with Crippen LogP contribution in [0.1, 0.15) is 36.7 Å². The molecular weight excluding hydrogens is 306 g/mol. The van der Waals surface area contributed by atoms with Crippen molar-refractivity contribution in [1.29, 1.82) is 0 Å². The number of carbonyl (C=O) groups is 1. The largest absolute Gasteiger partial charge is 0.307 e. The van der Waals surface area contributed by atoms with E-state index in [2.05, 4.69) is 40.2 Å². The first kappa shape index (κ1) is 13.8. The highest BCUT2D eigenvalue weighted by atomic mass is 79.9. The maximum atomic E-state index is 12.2. The van der Waals surface area contributed by atoms with Gasteiger partial charge in [-0.3, -0.25) is 4.79 Å². The molecule has 100 valence electrons. The summed E-state index contributed by atoms with van der Waals surface area (Å²) in [5.74, 6) is 0.589. The predicted molar refractivity (Wildman–Crippen MR) is 79.3 cm³/mol. The Hall–Kier alpha value is -1.62. The zero-order valence-electron chi connectivity index (χ0n) is 10.9. The van der Waals surface area contributed by atoms with E-state index in [0.717, 1.165) is 16.7 Å². The highest BCUT2D eigenvalue weighted by molar-refractivity contribution is 9.10. The van der Waals surface area contributed by atoms with Crippen molar-refractivity contribution < 1.29 is 4.79 Å². The minimum absolute atomic E-state index is 0.133. The molecule has 0 unspecified atom stereocenters. The van der Waals surface area contributed by atoms with Crippen LogP contribution in [0.4, 0.5) is 5.82 Å². The molecule has 0 spiro atoms. The van der Waals surface area contributed by atoms with Gasteiger partial charge >= 0.3 is 0 Å². The van der Waals surface area contributed by atoms with Gasteiger partial charge in [0.05, 0.1) is 12.2 Å². The number of hydrogen-bond donors (Lipinski definition) is 1. The van der Waals surface area contributed by atoms with E-state index in [-0.39, 0.29) is 11.9 Å². The normalized spacial score (nSPS) is 12.2. The first-order valence-corrected chi connectivity index (χ1v) is 7.01. The molecule has 0 aliphatic carbocycles. The van der Waals surface area contributed by atoms with Crippen LogP contribution in [-0.2, 0) is 0 Å². The van der Waals surface area contributed by atoms with Crippen LogP contribution in [0.5, 0.6) is 0 Å². The molecule has 0 radical (unpaired) electrons. The van der Waals surface area contributed by atoms with E-state index < -0.39 is 0 Å². The molecule has 0 saturated heterocycles. The summed E-state index contributed by atoms with van der Waals surface area (Å²) in [6, 6.07) is 9.36. The SMILES string of the molecule is CC[C@H](C)n1nccc1NC(=O)c1cccc(Br)c1. The van der Waals surface area contributed by atoms with Crippen LogP contribution in [-0.4, -0.2) is 15.7 Å². The van der Waals surface area contributed by atoms with E-state index in [1.165, 1.54) is 0 Å². The number of halogens is 1. The van der Waals surface area contributed by atoms with Crippen LogP contribution in [0.3, 0.4) is 0 Å². The number of carbonyl (C=O) groups excluding carboxylic acids is 1. The standard InChI is InChI=1S/C14H16BrN3O/c1-3-10(2)18-13(7-8-16-18)17-14(19)11-5-4-6-12(15)9-11/h4-10H,3H2,1-2H3,(H,17,19)/t10-/m0/s1. The summed E-state index contributed by atoms with van der Waals surface area (Å²) in [6.45, 7) is 4.16. The molecule has 0 bridgehead atoms. The molecule has 5 heteroatoms. The summed E-state index contributed by atoms with van der Waals surface area (Å²) in [4.78, 5) is 12.2. The third-order valence-electron chi connectivity index (χ3n) is 3.01. The monoisotopic (exact) mass is 321 g/mol. The van der Waals surface area contributed by atoms with E-state index in [4.69, 9.17) is 0 Å². The Balaban J connectivity index is 2.18. The second kappa shape index (κ2) is 6.02. The van der Waals surface area contributed by atoms with Crippen LogP contribution in [0.15, 0.2) is 41.0 Å². The summed E-state index contributed by atoms with van der Waals surface area (Å²) in [5.41, 5.74) is 0.617. The Kier molecular flexibility index (Phi) is 4.37. The quantitative estimate of drug-likeness (QED) is 0.929. The first-order chi connectivity index (χ1) is 9.11. The smallest absolute Gasteiger partial charge is 0.256 e. The maximum Gasteiger partial charge on any atom is 0.256 e. The number of benzene rings is 1. The van der Waals surface area contributed by atoms with Crippen molar-refractivity contribution in [2.24, 2.45) is 0 Å². The average Bonchev–Trinajstić information content (AvgIpc) is 2.86. The van der Waals surface area contributed by atoms with Gasteiger partial charge in [-0.1, -0.05) is 28.9 Å². The van der Waals surface area contributed by atoms with Gasteiger partial charge in [0.1, 0.15) is 5.82 Å². The lowest BCUT2D eigenvalue weighted by Crippen LogP contribution is -2.17. The minimum atomic E-state index is -0.133. The molecule has 19 heavy (non-hydrogen) atoms. The second-order valence-electron chi connectivity index (χ2n) is 4.38. The summed E-state index contributed by atoms with van der Waals surface area (Å²) in [7, 11) is 0. The van der Waals surface area contributed by atoms with Crippen LogP contribution < -0.4 is 5.32 Å². The van der Waals surface area contributed by atoms with Gasteiger partial charge < -0.3 is 5.32 Å². The van der Waals surface area contributed by atoms with Gasteiger partial charge in [0.15, 0.2) is 0 Å². The van der Waals surface area contributed by atoms with Gasteiger partial charge in [-0.15, -0.1) is 0 Å². The summed E-state index contributed by atoms with van der Waals surface area (Å²) in [5, 5.41) is 7.13. The number of aromatic nitrogens is 2. The molecule has 0 aliphatic heterocycles. The first-order valence-electron chi connectivity index (χ1n) is 6.22. The molecule has 1 N–H and O–H groups in total. The Morgan fingerprint density at radius 2 is 2.26 bits per heavy atom. The fourth-order valence-corrected chi connectivity index (χ4v) is 2.15. The third-order valence-corrected chi connectivity index (χ3v) is 3.50. The fourth-order valence-electron chi connectivity index (χ4n) is 1.76. The molecule has 2 rings (SSSR count). The number of rotatable bonds is 4. The third kappa shape index (κ3) is 3.23. The zero-order valence-corrected chi connectivity index (χ0v) is 12.5. The van der Waals surface area contributed by atoms with E-state index in [1.807, 2.05) is 22.9 Å². The summed E-state index contributed by atoms with van der Waals surface area (Å²) in [6.07, 6.45) is 2.66. The van der Waals surface area contributed by atoms with Gasteiger partial charge in [-0.25, -0.2) is 4.68 Å². The molecule has 2 aromatic rings. The van der Waals surface area contributed by atoms with E-state index in [0.29, 0.717) is 5.56 Å². The lowest BCUT2D eigenvalue weighted by molar-refractivity contribution is 0.102. The molecular formula is C14H16BrN3O. The van der Waals surface area contributed by atoms with E-state index >= 15 is 0 Å². The number of hydrogen-bond acceptors (Lipinski definition) is 2. The van der Waals surface area contributed by atoms with Crippen LogP contribution in [0, 0.1) is 0 Å². The van der Waals surface area contributed by atoms with Crippen LogP contribution in [0.2, 0.25) is 0 Å². The van der Waals surface area contributed by atoms with Gasteiger partial charge in [-0.2, -0.15) is 5.10 Å². The van der Waals surface area contributed by atoms with E-state index in [9.17, 15) is 4.79 Å². The van der Waals surface area contributed by atoms with Crippen molar-refractivity contribution >= 4 is 27.7 Å². The molecule has 0 fully saturated rings. The number of amides is 1. The second-order valence-corrected chi connectivity index (χ2v) is 5.30. The number of anilines is 1. The van der Waals surface area contributed by atoms with Gasteiger partial charge in [0.2, 0.25) is 0 Å². The molecule has 1 amide bonds. The number of nitrogens with zero attached hydrogens (tertiary/aromatic N) is 2. The highest BCUT2D eigenvalue weighted by Crippen LogP contribution is 2.18. The van der Waals surface area contributed by atoms with Crippen molar-refractivity contribution in [3.63, 3.8) is 0 Å². The zero-order chi connectivity index (χ0) is 13.8. The topological polar surface area (TPSA) is 46.9 Å². The van der Waals surface area contributed by atoms with Crippen molar-refractivity contribution in [3.8, 4) is 0 Å². The molecule has 1 aromatic carbocycles.